The van der Waals surface area contributed by atoms with Gasteiger partial charge in [-0.25, -0.2) is 4.99 Å². The number of anilines is 1. The number of hydrogen-bond acceptors (Lipinski definition) is 1. The molecule has 0 bridgehead atoms. The Balaban J connectivity index is 0.000000647. The van der Waals surface area contributed by atoms with Crippen LogP contribution < -0.4 is 5.32 Å². The van der Waals surface area contributed by atoms with E-state index in [0.29, 0.717) is 0 Å². The normalized spacial score (nSPS) is 10.3. The van der Waals surface area contributed by atoms with Crippen LogP contribution in [-0.4, -0.2) is 21.1 Å². The minimum absolute atomic E-state index is 0.750. The Kier molecular flexibility index (Phi) is 7.83. The van der Waals surface area contributed by atoms with Gasteiger partial charge in [-0.2, -0.15) is 0 Å². The largest absolute Gasteiger partial charge is 0.340 e. The highest BCUT2D eigenvalue weighted by Crippen LogP contribution is 2.15. The summed E-state index contributed by atoms with van der Waals surface area (Å²) in [5.41, 5.74) is 3.01. The fourth-order valence-corrected chi connectivity index (χ4v) is 2.05. The second kappa shape index (κ2) is 10.4. The van der Waals surface area contributed by atoms with Crippen LogP contribution in [0.1, 0.15) is 5.56 Å². The Bertz CT molecular complexity index is 726. The predicted octanol–water partition coefficient (Wildman–Crippen LogP) is 5.66. The van der Waals surface area contributed by atoms with Crippen LogP contribution in [0.5, 0.6) is 0 Å². The standard InChI is InChI=1S/C19H16N2.2CH3.Al/c1-4-10-16(11-5-1)19(20-17-12-6-2-7-13-17)21-18-14-8-3-9-15-18;;;/h1-15H,(H,20,21);2*1H3;. The highest BCUT2D eigenvalue weighted by molar-refractivity contribution is 6.31. The van der Waals surface area contributed by atoms with E-state index in [9.17, 15) is 0 Å². The molecule has 1 N–H and O–H groups in total. The zero-order valence-electron chi connectivity index (χ0n) is 14.2. The third kappa shape index (κ3) is 6.04. The van der Waals surface area contributed by atoms with E-state index in [1.807, 2.05) is 78.9 Å². The molecule has 3 rings (SSSR count). The lowest BCUT2D eigenvalue weighted by atomic mass is 10.2. The van der Waals surface area contributed by atoms with Crippen LogP contribution in [0, 0.1) is 0 Å². The van der Waals surface area contributed by atoms with Gasteiger partial charge in [0.1, 0.15) is 5.84 Å². The maximum Gasteiger partial charge on any atom is 0.191 e. The van der Waals surface area contributed by atoms with E-state index in [1.165, 1.54) is 0 Å². The average molecular weight is 329 g/mol. The first-order valence-electron chi connectivity index (χ1n) is 8.08. The number of nitrogens with one attached hydrogen (secondary N) is 1. The topological polar surface area (TPSA) is 24.4 Å². The van der Waals surface area contributed by atoms with Crippen molar-refractivity contribution in [2.75, 3.05) is 5.32 Å². The lowest BCUT2D eigenvalue weighted by Gasteiger charge is -2.10. The minimum atomic E-state index is 0.750. The SMILES string of the molecule is [CH3][Al][CH3].c1ccc(N=C(Nc2ccccc2)c2ccccc2)cc1. The molecule has 0 saturated heterocycles. The molecule has 0 atom stereocenters. The lowest BCUT2D eigenvalue weighted by Crippen LogP contribution is -2.13. The summed E-state index contributed by atoms with van der Waals surface area (Å²) in [5.74, 6) is 5.26. The van der Waals surface area contributed by atoms with E-state index < -0.39 is 0 Å². The van der Waals surface area contributed by atoms with Gasteiger partial charge >= 0.3 is 0 Å². The number of para-hydroxylation sites is 2. The summed E-state index contributed by atoms with van der Waals surface area (Å²) in [7, 11) is 0. The average Bonchev–Trinajstić information content (AvgIpc) is 2.64. The van der Waals surface area contributed by atoms with E-state index in [2.05, 4.69) is 29.0 Å². The molecule has 0 aliphatic heterocycles. The van der Waals surface area contributed by atoms with Gasteiger partial charge in [0.2, 0.25) is 0 Å². The molecule has 3 heteroatoms. The van der Waals surface area contributed by atoms with Gasteiger partial charge in [-0.1, -0.05) is 66.7 Å². The summed E-state index contributed by atoms with van der Waals surface area (Å²) in [6.45, 7) is 0. The van der Waals surface area contributed by atoms with Crippen molar-refractivity contribution in [1.29, 1.82) is 0 Å². The van der Waals surface area contributed by atoms with Crippen molar-refractivity contribution in [3.8, 4) is 0 Å². The molecule has 0 fully saturated rings. The first kappa shape index (κ1) is 18.0. The van der Waals surface area contributed by atoms with Crippen LogP contribution in [0.15, 0.2) is 96.0 Å². The Morgan fingerprint density at radius 2 is 1.17 bits per heavy atom. The number of nitrogens with zero attached hydrogens (tertiary/aromatic N) is 1. The van der Waals surface area contributed by atoms with Gasteiger partial charge in [-0.05, 0) is 24.3 Å². The van der Waals surface area contributed by atoms with E-state index >= 15 is 0 Å². The van der Waals surface area contributed by atoms with Crippen molar-refractivity contribution in [3.05, 3.63) is 96.6 Å². The molecule has 0 unspecified atom stereocenters. The highest BCUT2D eigenvalue weighted by Gasteiger charge is 2.03. The molecule has 3 aromatic rings. The van der Waals surface area contributed by atoms with Crippen molar-refractivity contribution >= 4 is 32.4 Å². The molecule has 119 valence electrons. The van der Waals surface area contributed by atoms with Gasteiger partial charge in [0.05, 0.1) is 5.69 Å². The minimum Gasteiger partial charge on any atom is -0.340 e. The first-order valence-corrected chi connectivity index (χ1v) is 10.4. The first-order chi connectivity index (χ1) is 11.8. The molecule has 0 aliphatic carbocycles. The summed E-state index contributed by atoms with van der Waals surface area (Å²) in [4.78, 5) is 4.73. The molecule has 1 radical (unpaired) electrons. The van der Waals surface area contributed by atoms with Gasteiger partial charge in [0.25, 0.3) is 0 Å². The van der Waals surface area contributed by atoms with Crippen molar-refractivity contribution in [2.45, 2.75) is 11.6 Å². The monoisotopic (exact) mass is 329 g/mol. The molecule has 0 saturated carbocycles. The molecular formula is C21H22AlN2. The zero-order chi connectivity index (χ0) is 17.0. The summed E-state index contributed by atoms with van der Waals surface area (Å²) >= 11 is 0.750. The van der Waals surface area contributed by atoms with Crippen molar-refractivity contribution in [3.63, 3.8) is 0 Å². The van der Waals surface area contributed by atoms with Gasteiger partial charge in [0, 0.05) is 11.3 Å². The summed E-state index contributed by atoms with van der Waals surface area (Å²) in [6.07, 6.45) is 0. The van der Waals surface area contributed by atoms with Crippen molar-refractivity contribution < 1.29 is 0 Å². The fraction of sp³-hybridized carbons (Fsp3) is 0.0952. The Hall–Kier alpha value is -2.34. The molecule has 0 heterocycles. The van der Waals surface area contributed by atoms with E-state index in [-0.39, 0.29) is 0 Å². The Morgan fingerprint density at radius 3 is 1.71 bits per heavy atom. The van der Waals surface area contributed by atoms with Crippen LogP contribution in [0.4, 0.5) is 11.4 Å². The number of aliphatic imine (C=N–C) groups is 1. The maximum atomic E-state index is 4.73. The smallest absolute Gasteiger partial charge is 0.191 e. The third-order valence-electron chi connectivity index (χ3n) is 3.08. The summed E-state index contributed by atoms with van der Waals surface area (Å²) in [5, 5.41) is 3.39. The van der Waals surface area contributed by atoms with Crippen LogP contribution >= 0.6 is 0 Å². The van der Waals surface area contributed by atoms with E-state index in [4.69, 9.17) is 4.99 Å². The van der Waals surface area contributed by atoms with Gasteiger partial charge in [-0.15, -0.1) is 11.6 Å². The quantitative estimate of drug-likeness (QED) is 0.374. The second-order valence-corrected chi connectivity index (χ2v) is 6.39. The van der Waals surface area contributed by atoms with E-state index in [0.717, 1.165) is 38.0 Å². The molecular weight excluding hydrogens is 307 g/mol. The molecule has 0 spiro atoms. The summed E-state index contributed by atoms with van der Waals surface area (Å²) < 4.78 is 0. The van der Waals surface area contributed by atoms with E-state index in [1.54, 1.807) is 0 Å². The molecule has 3 aromatic carbocycles. The second-order valence-electron chi connectivity index (χ2n) is 5.23. The number of rotatable bonds is 3. The predicted molar refractivity (Wildman–Crippen MR) is 107 cm³/mol. The number of hydrogen-bond donors (Lipinski definition) is 1. The Morgan fingerprint density at radius 1 is 0.708 bits per heavy atom. The lowest BCUT2D eigenvalue weighted by molar-refractivity contribution is 1.46. The molecule has 0 amide bonds. The van der Waals surface area contributed by atoms with Crippen molar-refractivity contribution in [2.24, 2.45) is 4.99 Å². The van der Waals surface area contributed by atoms with Crippen molar-refractivity contribution in [1.82, 2.24) is 0 Å². The molecule has 0 aromatic heterocycles. The van der Waals surface area contributed by atoms with Gasteiger partial charge in [0.15, 0.2) is 15.2 Å². The van der Waals surface area contributed by atoms with Crippen LogP contribution in [0.25, 0.3) is 0 Å². The Labute approximate surface area is 151 Å². The van der Waals surface area contributed by atoms with Crippen LogP contribution in [-0.2, 0) is 0 Å². The van der Waals surface area contributed by atoms with Gasteiger partial charge < -0.3 is 5.32 Å². The number of benzene rings is 3. The van der Waals surface area contributed by atoms with Crippen LogP contribution in [0.3, 0.4) is 0 Å². The fourth-order valence-electron chi connectivity index (χ4n) is 2.05. The number of amidine groups is 1. The third-order valence-corrected chi connectivity index (χ3v) is 3.08. The zero-order valence-corrected chi connectivity index (χ0v) is 15.3. The summed E-state index contributed by atoms with van der Waals surface area (Å²) in [6, 6.07) is 30.2. The van der Waals surface area contributed by atoms with Gasteiger partial charge in [-0.3, -0.25) is 0 Å². The molecule has 0 aliphatic rings. The maximum absolute atomic E-state index is 4.73. The van der Waals surface area contributed by atoms with Crippen LogP contribution in [0.2, 0.25) is 11.6 Å². The molecule has 24 heavy (non-hydrogen) atoms. The molecule has 2 nitrogen and oxygen atoms in total. The highest BCUT2D eigenvalue weighted by atomic mass is 27.1.